The minimum atomic E-state index is -0.377. The highest BCUT2D eigenvalue weighted by molar-refractivity contribution is 5.95. The molecule has 2 aromatic carbocycles. The third-order valence-corrected chi connectivity index (χ3v) is 3.63. The van der Waals surface area contributed by atoms with Gasteiger partial charge in [-0.1, -0.05) is 36.4 Å². The second-order valence-corrected chi connectivity index (χ2v) is 5.48. The Hall–Kier alpha value is -3.06. The topological polar surface area (TPSA) is 114 Å². The van der Waals surface area contributed by atoms with E-state index in [9.17, 15) is 9.59 Å². The van der Waals surface area contributed by atoms with Crippen molar-refractivity contribution in [3.8, 4) is 16.9 Å². The van der Waals surface area contributed by atoms with Gasteiger partial charge in [0, 0.05) is 12.1 Å². The molecule has 0 spiro atoms. The summed E-state index contributed by atoms with van der Waals surface area (Å²) in [6.07, 6.45) is 0.124. The summed E-state index contributed by atoms with van der Waals surface area (Å²) in [5.74, 6) is -0.0849. The van der Waals surface area contributed by atoms with E-state index in [0.29, 0.717) is 11.3 Å². The van der Waals surface area contributed by atoms with Crippen molar-refractivity contribution in [2.24, 2.45) is 5.73 Å². The maximum absolute atomic E-state index is 11.6. The van der Waals surface area contributed by atoms with Crippen molar-refractivity contribution in [1.82, 2.24) is 5.32 Å². The quantitative estimate of drug-likeness (QED) is 0.362. The molecule has 2 aromatic rings. The van der Waals surface area contributed by atoms with Gasteiger partial charge in [-0.15, -0.1) is 12.4 Å². The van der Waals surface area contributed by atoms with Gasteiger partial charge in [0.2, 0.25) is 0 Å². The zero-order valence-corrected chi connectivity index (χ0v) is 15.7. The first-order chi connectivity index (χ1) is 12.5. The lowest BCUT2D eigenvalue weighted by Crippen LogP contribution is -2.30. The maximum Gasteiger partial charge on any atom is 0.307 e. The third kappa shape index (κ3) is 6.99. The number of nitrogens with two attached hydrogens (primary N) is 1. The normalized spacial score (nSPS) is 9.67. The van der Waals surface area contributed by atoms with Gasteiger partial charge in [0.25, 0.3) is 5.91 Å². The largest absolute Gasteiger partial charge is 0.484 e. The number of amides is 1. The number of benzene rings is 2. The predicted molar refractivity (Wildman–Crippen MR) is 105 cm³/mol. The Morgan fingerprint density at radius 3 is 2.11 bits per heavy atom. The Morgan fingerprint density at radius 1 is 1.04 bits per heavy atom. The lowest BCUT2D eigenvalue weighted by Gasteiger charge is -2.08. The Labute approximate surface area is 163 Å². The van der Waals surface area contributed by atoms with Crippen LogP contribution in [0.25, 0.3) is 11.1 Å². The summed E-state index contributed by atoms with van der Waals surface area (Å²) in [5, 5.41) is 9.98. The van der Waals surface area contributed by atoms with Gasteiger partial charge in [0.1, 0.15) is 11.6 Å². The van der Waals surface area contributed by atoms with Crippen LogP contribution in [-0.2, 0) is 14.3 Å². The van der Waals surface area contributed by atoms with E-state index in [-0.39, 0.29) is 49.7 Å². The van der Waals surface area contributed by atoms with Crippen LogP contribution < -0.4 is 15.8 Å². The molecule has 0 aliphatic rings. The Kier molecular flexibility index (Phi) is 8.81. The van der Waals surface area contributed by atoms with Crippen molar-refractivity contribution < 1.29 is 19.1 Å². The predicted octanol–water partition coefficient (Wildman–Crippen LogP) is 2.12. The molecule has 1 amide bonds. The van der Waals surface area contributed by atoms with Gasteiger partial charge in [-0.3, -0.25) is 15.0 Å². The summed E-state index contributed by atoms with van der Waals surface area (Å²) in [6, 6.07) is 14.7. The van der Waals surface area contributed by atoms with E-state index in [1.807, 2.05) is 24.3 Å². The molecule has 0 bridgehead atoms. The second kappa shape index (κ2) is 10.8. The number of ether oxygens (including phenoxy) is 2. The van der Waals surface area contributed by atoms with Crippen LogP contribution >= 0.6 is 12.4 Å². The fraction of sp³-hybridized carbons (Fsp3) is 0.211. The van der Waals surface area contributed by atoms with E-state index in [1.54, 1.807) is 24.3 Å². The molecule has 0 atom stereocenters. The van der Waals surface area contributed by atoms with Gasteiger partial charge < -0.3 is 20.5 Å². The molecular formula is C19H22ClN3O4. The Bertz CT molecular complexity index is 777. The first kappa shape index (κ1) is 22.0. The molecule has 7 nitrogen and oxygen atoms in total. The number of carbonyl (C=O) groups excluding carboxylic acids is 2. The number of methoxy groups -OCH3 is 1. The molecular weight excluding hydrogens is 370 g/mol. The molecule has 0 saturated carbocycles. The highest BCUT2D eigenvalue weighted by Crippen LogP contribution is 2.22. The Morgan fingerprint density at radius 2 is 1.59 bits per heavy atom. The Balaban J connectivity index is 0.00000364. The van der Waals surface area contributed by atoms with Crippen LogP contribution in [0.4, 0.5) is 0 Å². The zero-order valence-electron chi connectivity index (χ0n) is 14.9. The average molecular weight is 392 g/mol. The summed E-state index contributed by atoms with van der Waals surface area (Å²) in [6.45, 7) is 0.0812. The molecule has 27 heavy (non-hydrogen) atoms. The van der Waals surface area contributed by atoms with Crippen molar-refractivity contribution in [1.29, 1.82) is 5.41 Å². The molecule has 0 fully saturated rings. The highest BCUT2D eigenvalue weighted by atomic mass is 35.5. The number of rotatable bonds is 8. The maximum atomic E-state index is 11.6. The van der Waals surface area contributed by atoms with E-state index >= 15 is 0 Å². The van der Waals surface area contributed by atoms with Crippen LogP contribution in [0.1, 0.15) is 12.0 Å². The van der Waals surface area contributed by atoms with E-state index in [0.717, 1.165) is 11.1 Å². The molecule has 2 rings (SSSR count). The first-order valence-corrected chi connectivity index (χ1v) is 8.01. The van der Waals surface area contributed by atoms with Gasteiger partial charge in [-0.25, -0.2) is 0 Å². The monoisotopic (exact) mass is 391 g/mol. The number of esters is 1. The fourth-order valence-corrected chi connectivity index (χ4v) is 2.19. The molecule has 144 valence electrons. The summed E-state index contributed by atoms with van der Waals surface area (Å²) in [5.41, 5.74) is 8.09. The molecule has 0 heterocycles. The summed E-state index contributed by atoms with van der Waals surface area (Å²) >= 11 is 0. The van der Waals surface area contributed by atoms with E-state index in [2.05, 4.69) is 10.1 Å². The van der Waals surface area contributed by atoms with Gasteiger partial charge in [0.05, 0.1) is 13.5 Å². The average Bonchev–Trinajstić information content (AvgIpc) is 2.66. The van der Waals surface area contributed by atoms with Crippen molar-refractivity contribution in [2.75, 3.05) is 20.3 Å². The summed E-state index contributed by atoms with van der Waals surface area (Å²) in [4.78, 5) is 22.6. The standard InChI is InChI=1S/C19H21N3O4.ClH/c1-25-18(24)10-11-22-17(23)12-26-16-8-6-14(7-9-16)13-2-4-15(5-3-13)19(20)21;/h2-9H,10-12H2,1H3,(H3,20,21)(H,22,23);1H. The molecule has 0 radical (unpaired) electrons. The van der Waals surface area contributed by atoms with Crippen molar-refractivity contribution >= 4 is 30.1 Å². The smallest absolute Gasteiger partial charge is 0.307 e. The van der Waals surface area contributed by atoms with Crippen LogP contribution in [0, 0.1) is 5.41 Å². The van der Waals surface area contributed by atoms with Crippen LogP contribution in [-0.4, -0.2) is 38.0 Å². The number of nitrogen functional groups attached to an aromatic ring is 1. The SMILES string of the molecule is COC(=O)CCNC(=O)COc1ccc(-c2ccc(C(=N)N)cc2)cc1.Cl. The van der Waals surface area contributed by atoms with Crippen LogP contribution in [0.3, 0.4) is 0 Å². The third-order valence-electron chi connectivity index (χ3n) is 3.63. The van der Waals surface area contributed by atoms with Gasteiger partial charge in [-0.2, -0.15) is 0 Å². The zero-order chi connectivity index (χ0) is 18.9. The second-order valence-electron chi connectivity index (χ2n) is 5.48. The van der Waals surface area contributed by atoms with Crippen molar-refractivity contribution in [3.05, 3.63) is 54.1 Å². The molecule has 8 heteroatoms. The van der Waals surface area contributed by atoms with Gasteiger partial charge in [-0.05, 0) is 23.3 Å². The number of amidine groups is 1. The van der Waals surface area contributed by atoms with E-state index < -0.39 is 0 Å². The van der Waals surface area contributed by atoms with Crippen LogP contribution in [0.2, 0.25) is 0 Å². The first-order valence-electron chi connectivity index (χ1n) is 8.01. The number of carbonyl (C=O) groups is 2. The molecule has 0 aliphatic carbocycles. The lowest BCUT2D eigenvalue weighted by molar-refractivity contribution is -0.140. The van der Waals surface area contributed by atoms with E-state index in [4.69, 9.17) is 15.9 Å². The molecule has 0 unspecified atom stereocenters. The minimum absolute atomic E-state index is 0. The van der Waals surface area contributed by atoms with Gasteiger partial charge >= 0.3 is 5.97 Å². The van der Waals surface area contributed by atoms with Crippen molar-refractivity contribution in [3.63, 3.8) is 0 Å². The fourth-order valence-electron chi connectivity index (χ4n) is 2.19. The summed E-state index contributed by atoms with van der Waals surface area (Å²) < 4.78 is 9.91. The highest BCUT2D eigenvalue weighted by Gasteiger charge is 2.06. The number of halogens is 1. The molecule has 0 saturated heterocycles. The lowest BCUT2D eigenvalue weighted by atomic mass is 10.0. The summed E-state index contributed by atoms with van der Waals surface area (Å²) in [7, 11) is 1.30. The van der Waals surface area contributed by atoms with Crippen LogP contribution in [0.5, 0.6) is 5.75 Å². The number of hydrogen-bond donors (Lipinski definition) is 3. The minimum Gasteiger partial charge on any atom is -0.484 e. The van der Waals surface area contributed by atoms with Crippen LogP contribution in [0.15, 0.2) is 48.5 Å². The molecule has 0 aromatic heterocycles. The molecule has 4 N–H and O–H groups in total. The van der Waals surface area contributed by atoms with Gasteiger partial charge in [0.15, 0.2) is 6.61 Å². The van der Waals surface area contributed by atoms with Crippen molar-refractivity contribution in [2.45, 2.75) is 6.42 Å². The van der Waals surface area contributed by atoms with E-state index in [1.165, 1.54) is 7.11 Å². The number of hydrogen-bond acceptors (Lipinski definition) is 5. The number of nitrogens with one attached hydrogen (secondary N) is 2. The molecule has 0 aliphatic heterocycles.